The first-order valence-electron chi connectivity index (χ1n) is 8.11. The molecule has 0 spiro atoms. The normalized spacial score (nSPS) is 26.2. The molecule has 1 aliphatic carbocycles. The maximum atomic E-state index is 6.10. The summed E-state index contributed by atoms with van der Waals surface area (Å²) in [6.45, 7) is 5.13. The fourth-order valence-corrected chi connectivity index (χ4v) is 3.33. The van der Waals surface area contributed by atoms with E-state index in [9.17, 15) is 0 Å². The van der Waals surface area contributed by atoms with Crippen LogP contribution in [-0.2, 0) is 11.3 Å². The van der Waals surface area contributed by atoms with E-state index >= 15 is 0 Å². The molecule has 3 heterocycles. The molecule has 2 atom stereocenters. The van der Waals surface area contributed by atoms with Gasteiger partial charge in [0.15, 0.2) is 0 Å². The number of rotatable bonds is 4. The minimum absolute atomic E-state index is 0.316. The smallest absolute Gasteiger partial charge is 0.0734 e. The molecule has 1 aliphatic heterocycles. The third-order valence-corrected chi connectivity index (χ3v) is 4.52. The van der Waals surface area contributed by atoms with Gasteiger partial charge in [0.1, 0.15) is 0 Å². The summed E-state index contributed by atoms with van der Waals surface area (Å²) in [7, 11) is 0. The van der Waals surface area contributed by atoms with Crippen molar-refractivity contribution in [1.82, 2.24) is 19.7 Å². The molecule has 22 heavy (non-hydrogen) atoms. The van der Waals surface area contributed by atoms with Crippen LogP contribution in [-0.4, -0.2) is 45.0 Å². The Hall–Kier alpha value is -1.72. The van der Waals surface area contributed by atoms with Crippen molar-refractivity contribution in [3.05, 3.63) is 42.5 Å². The van der Waals surface area contributed by atoms with Gasteiger partial charge >= 0.3 is 0 Å². The van der Waals surface area contributed by atoms with Crippen molar-refractivity contribution in [2.24, 2.45) is 5.92 Å². The van der Waals surface area contributed by atoms with Crippen molar-refractivity contribution in [3.63, 3.8) is 0 Å². The van der Waals surface area contributed by atoms with Crippen LogP contribution >= 0.6 is 0 Å². The Bertz CT molecular complexity index is 623. The van der Waals surface area contributed by atoms with Crippen molar-refractivity contribution in [1.29, 1.82) is 0 Å². The van der Waals surface area contributed by atoms with Crippen LogP contribution < -0.4 is 0 Å². The lowest BCUT2D eigenvalue weighted by Gasteiger charge is -2.37. The molecule has 2 aliphatic rings. The first kappa shape index (κ1) is 13.9. The summed E-state index contributed by atoms with van der Waals surface area (Å²) >= 11 is 0. The summed E-state index contributed by atoms with van der Waals surface area (Å²) in [5.41, 5.74) is 2.28. The number of pyridine rings is 1. The van der Waals surface area contributed by atoms with E-state index < -0.39 is 0 Å². The number of morpholine rings is 1. The molecule has 2 aromatic rings. The van der Waals surface area contributed by atoms with Gasteiger partial charge in [0.25, 0.3) is 0 Å². The van der Waals surface area contributed by atoms with Gasteiger partial charge < -0.3 is 4.74 Å². The van der Waals surface area contributed by atoms with E-state index in [0.717, 1.165) is 31.2 Å². The van der Waals surface area contributed by atoms with Gasteiger partial charge in [0, 0.05) is 38.2 Å². The van der Waals surface area contributed by atoms with Crippen LogP contribution in [0.4, 0.5) is 0 Å². The number of hydrogen-bond acceptors (Lipinski definition) is 4. The van der Waals surface area contributed by atoms with E-state index in [2.05, 4.69) is 28.0 Å². The maximum Gasteiger partial charge on any atom is 0.0734 e. The highest BCUT2D eigenvalue weighted by Gasteiger charge is 2.37. The van der Waals surface area contributed by atoms with Crippen LogP contribution in [0.15, 0.2) is 36.8 Å². The molecule has 0 N–H and O–H groups in total. The standard InChI is InChI=1S/C17H22N4O/c1-13-10-20(12-17(22-13)14-2-3-14)11-16-6-9-19-21(16)15-4-7-18-8-5-15/h4-9,13-14,17H,2-3,10-12H2,1H3. The minimum atomic E-state index is 0.316. The van der Waals surface area contributed by atoms with Crippen LogP contribution in [0.25, 0.3) is 5.69 Å². The maximum absolute atomic E-state index is 6.10. The van der Waals surface area contributed by atoms with Gasteiger partial charge in [-0.2, -0.15) is 5.10 Å². The summed E-state index contributed by atoms with van der Waals surface area (Å²) < 4.78 is 8.11. The molecular formula is C17H22N4O. The monoisotopic (exact) mass is 298 g/mol. The molecule has 5 heteroatoms. The van der Waals surface area contributed by atoms with Gasteiger partial charge in [0.2, 0.25) is 0 Å². The highest BCUT2D eigenvalue weighted by atomic mass is 16.5. The average Bonchev–Trinajstić information content (AvgIpc) is 3.28. The van der Waals surface area contributed by atoms with Gasteiger partial charge in [-0.05, 0) is 43.9 Å². The largest absolute Gasteiger partial charge is 0.372 e. The van der Waals surface area contributed by atoms with E-state index in [-0.39, 0.29) is 0 Å². The number of ether oxygens (including phenoxy) is 1. The third-order valence-electron chi connectivity index (χ3n) is 4.52. The average molecular weight is 298 g/mol. The zero-order valence-electron chi connectivity index (χ0n) is 12.9. The first-order chi connectivity index (χ1) is 10.8. The Morgan fingerprint density at radius 2 is 1.95 bits per heavy atom. The second-order valence-corrected chi connectivity index (χ2v) is 6.46. The lowest BCUT2D eigenvalue weighted by Crippen LogP contribution is -2.47. The van der Waals surface area contributed by atoms with Crippen molar-refractivity contribution < 1.29 is 4.74 Å². The van der Waals surface area contributed by atoms with Gasteiger partial charge in [-0.1, -0.05) is 0 Å². The summed E-state index contributed by atoms with van der Waals surface area (Å²) in [5.74, 6) is 0.787. The number of hydrogen-bond donors (Lipinski definition) is 0. The Morgan fingerprint density at radius 3 is 2.73 bits per heavy atom. The van der Waals surface area contributed by atoms with Gasteiger partial charge in [0.05, 0.1) is 23.6 Å². The van der Waals surface area contributed by atoms with E-state index in [0.29, 0.717) is 12.2 Å². The summed E-state index contributed by atoms with van der Waals surface area (Å²) in [5, 5.41) is 4.47. The molecule has 116 valence electrons. The molecular weight excluding hydrogens is 276 g/mol. The van der Waals surface area contributed by atoms with Gasteiger partial charge in [-0.15, -0.1) is 0 Å². The fourth-order valence-electron chi connectivity index (χ4n) is 3.33. The number of nitrogens with zero attached hydrogens (tertiary/aromatic N) is 4. The molecule has 2 aromatic heterocycles. The molecule has 4 rings (SSSR count). The predicted octanol–water partition coefficient (Wildman–Crippen LogP) is 2.27. The van der Waals surface area contributed by atoms with Crippen molar-refractivity contribution >= 4 is 0 Å². The Labute approximate surface area is 130 Å². The molecule has 0 amide bonds. The van der Waals surface area contributed by atoms with Crippen molar-refractivity contribution in [3.8, 4) is 5.69 Å². The molecule has 2 fully saturated rings. The molecule has 0 aromatic carbocycles. The van der Waals surface area contributed by atoms with E-state index in [1.165, 1.54) is 18.5 Å². The minimum Gasteiger partial charge on any atom is -0.372 e. The summed E-state index contributed by atoms with van der Waals surface area (Å²) in [6, 6.07) is 6.09. The van der Waals surface area contributed by atoms with Crippen LogP contribution in [0.2, 0.25) is 0 Å². The molecule has 5 nitrogen and oxygen atoms in total. The van der Waals surface area contributed by atoms with Crippen LogP contribution in [0, 0.1) is 5.92 Å². The molecule has 1 saturated carbocycles. The Kier molecular flexibility index (Phi) is 3.68. The zero-order chi connectivity index (χ0) is 14.9. The van der Waals surface area contributed by atoms with Crippen molar-refractivity contribution in [2.45, 2.75) is 38.5 Å². The quantitative estimate of drug-likeness (QED) is 0.868. The van der Waals surface area contributed by atoms with E-state index in [4.69, 9.17) is 4.74 Å². The fraction of sp³-hybridized carbons (Fsp3) is 0.529. The third kappa shape index (κ3) is 2.91. The van der Waals surface area contributed by atoms with Gasteiger partial charge in [-0.25, -0.2) is 4.68 Å². The van der Waals surface area contributed by atoms with Crippen LogP contribution in [0.1, 0.15) is 25.5 Å². The Morgan fingerprint density at radius 1 is 1.14 bits per heavy atom. The SMILES string of the molecule is CC1CN(Cc2ccnn2-c2ccncc2)CC(C2CC2)O1. The lowest BCUT2D eigenvalue weighted by atomic mass is 10.1. The number of aromatic nitrogens is 3. The predicted molar refractivity (Wildman–Crippen MR) is 83.7 cm³/mol. The first-order valence-corrected chi connectivity index (χ1v) is 8.11. The van der Waals surface area contributed by atoms with Crippen LogP contribution in [0.3, 0.4) is 0 Å². The summed E-state index contributed by atoms with van der Waals surface area (Å²) in [4.78, 5) is 6.58. The topological polar surface area (TPSA) is 43.2 Å². The van der Waals surface area contributed by atoms with E-state index in [1.54, 1.807) is 12.4 Å². The Balaban J connectivity index is 1.50. The second-order valence-electron chi connectivity index (χ2n) is 6.46. The van der Waals surface area contributed by atoms with Crippen LogP contribution in [0.5, 0.6) is 0 Å². The molecule has 1 saturated heterocycles. The van der Waals surface area contributed by atoms with Gasteiger partial charge in [-0.3, -0.25) is 9.88 Å². The lowest BCUT2D eigenvalue weighted by molar-refractivity contribution is -0.0885. The second kappa shape index (κ2) is 5.82. The van der Waals surface area contributed by atoms with E-state index in [1.807, 2.05) is 23.0 Å². The highest BCUT2D eigenvalue weighted by Crippen LogP contribution is 2.36. The zero-order valence-corrected chi connectivity index (χ0v) is 12.9. The molecule has 0 radical (unpaired) electrons. The molecule has 0 bridgehead atoms. The van der Waals surface area contributed by atoms with Crippen molar-refractivity contribution in [2.75, 3.05) is 13.1 Å². The highest BCUT2D eigenvalue weighted by molar-refractivity contribution is 5.30. The molecule has 2 unspecified atom stereocenters. The summed E-state index contributed by atoms with van der Waals surface area (Å²) in [6.07, 6.45) is 8.89.